The molecule has 1 aromatic carbocycles. The van der Waals surface area contributed by atoms with E-state index in [0.29, 0.717) is 30.4 Å². The number of aliphatic hydroxyl groups excluding tert-OH is 1. The second-order valence-corrected chi connectivity index (χ2v) is 8.58. The summed E-state index contributed by atoms with van der Waals surface area (Å²) in [6.07, 6.45) is 1.17. The maximum absolute atomic E-state index is 12.9. The Hall–Kier alpha value is -4.71. The number of hydrogen-bond donors (Lipinski definition) is 2. The standard InChI is InChI=1S/C25H24N8O4/c1-16(14-34)33-23(29-30-31-33)20-8-5-9-22(27-20)28-24(35)21-10-18-12-32(13-19(18)11-26-21)25(36)37-15-17-6-3-2-4-7-17/h2-11,16,34H,12-15H2,1H3,(H,27,28,35)/t16-/m1/s1. The molecule has 3 aromatic heterocycles. The van der Waals surface area contributed by atoms with Crippen molar-refractivity contribution in [3.63, 3.8) is 0 Å². The molecule has 1 aliphatic heterocycles. The van der Waals surface area contributed by atoms with Gasteiger partial charge in [-0.25, -0.2) is 14.5 Å². The van der Waals surface area contributed by atoms with Gasteiger partial charge in [-0.15, -0.1) is 5.10 Å². The van der Waals surface area contributed by atoms with E-state index in [4.69, 9.17) is 4.74 Å². The van der Waals surface area contributed by atoms with Crippen molar-refractivity contribution >= 4 is 17.8 Å². The quantitative estimate of drug-likeness (QED) is 0.390. The summed E-state index contributed by atoms with van der Waals surface area (Å²) in [6, 6.07) is 15.9. The number of carbonyl (C=O) groups is 2. The monoisotopic (exact) mass is 500 g/mol. The number of amides is 2. The van der Waals surface area contributed by atoms with Gasteiger partial charge in [0.25, 0.3) is 5.91 Å². The fourth-order valence-corrected chi connectivity index (χ4v) is 3.89. The van der Waals surface area contributed by atoms with E-state index in [0.717, 1.165) is 16.7 Å². The van der Waals surface area contributed by atoms with Gasteiger partial charge in [0.15, 0.2) is 0 Å². The van der Waals surface area contributed by atoms with Crippen LogP contribution in [0.5, 0.6) is 0 Å². The number of rotatable bonds is 7. The zero-order valence-corrected chi connectivity index (χ0v) is 20.0. The van der Waals surface area contributed by atoms with E-state index >= 15 is 0 Å². The topological polar surface area (TPSA) is 148 Å². The summed E-state index contributed by atoms with van der Waals surface area (Å²) in [5.74, 6) is 0.218. The molecule has 2 amide bonds. The van der Waals surface area contributed by atoms with Gasteiger partial charge in [-0.3, -0.25) is 14.7 Å². The molecule has 2 N–H and O–H groups in total. The molecular formula is C25H24N8O4. The molecule has 5 rings (SSSR count). The SMILES string of the molecule is C[C@H](CO)n1nnnc1-c1cccc(NC(=O)c2cc3c(cn2)CN(C(=O)OCc2ccccc2)C3)n1. The Morgan fingerprint density at radius 3 is 2.73 bits per heavy atom. The third-order valence-corrected chi connectivity index (χ3v) is 5.90. The summed E-state index contributed by atoms with van der Waals surface area (Å²) in [5, 5.41) is 23.7. The molecule has 0 saturated heterocycles. The average molecular weight is 501 g/mol. The van der Waals surface area contributed by atoms with Gasteiger partial charge >= 0.3 is 6.09 Å². The molecule has 1 atom stereocenters. The van der Waals surface area contributed by atoms with Crippen LogP contribution in [0.1, 0.15) is 40.1 Å². The minimum Gasteiger partial charge on any atom is -0.445 e. The van der Waals surface area contributed by atoms with Crippen LogP contribution in [0.25, 0.3) is 11.5 Å². The Morgan fingerprint density at radius 1 is 1.11 bits per heavy atom. The maximum atomic E-state index is 12.9. The first-order chi connectivity index (χ1) is 18.0. The highest BCUT2D eigenvalue weighted by Gasteiger charge is 2.26. The highest BCUT2D eigenvalue weighted by atomic mass is 16.6. The van der Waals surface area contributed by atoms with E-state index in [2.05, 4.69) is 30.8 Å². The molecule has 188 valence electrons. The number of aliphatic hydroxyl groups is 1. The van der Waals surface area contributed by atoms with Gasteiger partial charge < -0.3 is 15.2 Å². The maximum Gasteiger partial charge on any atom is 0.410 e. The Kier molecular flexibility index (Phi) is 6.81. The molecule has 12 heteroatoms. The lowest BCUT2D eigenvalue weighted by atomic mass is 10.1. The number of ether oxygens (including phenoxy) is 1. The van der Waals surface area contributed by atoms with Crippen molar-refractivity contribution in [2.75, 3.05) is 11.9 Å². The van der Waals surface area contributed by atoms with Crippen LogP contribution in [0.2, 0.25) is 0 Å². The summed E-state index contributed by atoms with van der Waals surface area (Å²) in [5.41, 5.74) is 3.23. The van der Waals surface area contributed by atoms with Crippen LogP contribution in [0.3, 0.4) is 0 Å². The van der Waals surface area contributed by atoms with Crippen LogP contribution in [0, 0.1) is 0 Å². The molecule has 0 radical (unpaired) electrons. The lowest BCUT2D eigenvalue weighted by Crippen LogP contribution is -2.26. The van der Waals surface area contributed by atoms with E-state index in [1.54, 1.807) is 42.3 Å². The van der Waals surface area contributed by atoms with E-state index in [-0.39, 0.29) is 24.9 Å². The van der Waals surface area contributed by atoms with E-state index in [1.807, 2.05) is 30.3 Å². The van der Waals surface area contributed by atoms with Crippen LogP contribution >= 0.6 is 0 Å². The van der Waals surface area contributed by atoms with Crippen LogP contribution in [0.4, 0.5) is 10.6 Å². The Balaban J connectivity index is 1.24. The number of anilines is 1. The van der Waals surface area contributed by atoms with Crippen molar-refractivity contribution in [1.82, 2.24) is 35.1 Å². The summed E-state index contributed by atoms with van der Waals surface area (Å²) in [6.45, 7) is 2.51. The van der Waals surface area contributed by atoms with Gasteiger partial charge in [0.2, 0.25) is 5.82 Å². The van der Waals surface area contributed by atoms with Crippen molar-refractivity contribution in [2.45, 2.75) is 32.7 Å². The van der Waals surface area contributed by atoms with Crippen molar-refractivity contribution in [1.29, 1.82) is 0 Å². The molecule has 4 heterocycles. The lowest BCUT2D eigenvalue weighted by molar-refractivity contribution is 0.0954. The zero-order chi connectivity index (χ0) is 25.8. The fourth-order valence-electron chi connectivity index (χ4n) is 3.89. The first-order valence-corrected chi connectivity index (χ1v) is 11.6. The number of nitrogens with zero attached hydrogens (tertiary/aromatic N) is 7. The number of hydrogen-bond acceptors (Lipinski definition) is 9. The van der Waals surface area contributed by atoms with Crippen LogP contribution in [0.15, 0.2) is 60.8 Å². The molecule has 1 aliphatic rings. The molecule has 0 fully saturated rings. The molecule has 12 nitrogen and oxygen atoms in total. The minimum atomic E-state index is -0.444. The molecular weight excluding hydrogens is 476 g/mol. The normalized spacial score (nSPS) is 13.2. The fraction of sp³-hybridized carbons (Fsp3) is 0.240. The van der Waals surface area contributed by atoms with Gasteiger partial charge in [0, 0.05) is 12.7 Å². The van der Waals surface area contributed by atoms with Crippen LogP contribution in [-0.2, 0) is 24.4 Å². The highest BCUT2D eigenvalue weighted by molar-refractivity contribution is 6.02. The summed E-state index contributed by atoms with van der Waals surface area (Å²) in [4.78, 5) is 35.7. The van der Waals surface area contributed by atoms with Crippen molar-refractivity contribution in [2.24, 2.45) is 0 Å². The average Bonchev–Trinajstić information content (AvgIpc) is 3.59. The van der Waals surface area contributed by atoms with Gasteiger partial charge in [-0.05, 0) is 52.2 Å². The number of carbonyl (C=O) groups excluding carboxylic acids is 2. The van der Waals surface area contributed by atoms with Crippen LogP contribution < -0.4 is 5.32 Å². The van der Waals surface area contributed by atoms with Crippen molar-refractivity contribution < 1.29 is 19.4 Å². The number of nitrogens with one attached hydrogen (secondary N) is 1. The molecule has 0 unspecified atom stereocenters. The predicted molar refractivity (Wildman–Crippen MR) is 131 cm³/mol. The second-order valence-electron chi connectivity index (χ2n) is 8.58. The van der Waals surface area contributed by atoms with Gasteiger partial charge in [-0.1, -0.05) is 36.4 Å². The third kappa shape index (κ3) is 5.28. The smallest absolute Gasteiger partial charge is 0.410 e. The Bertz CT molecular complexity index is 1430. The zero-order valence-electron chi connectivity index (χ0n) is 20.0. The number of benzene rings is 1. The summed E-state index contributed by atoms with van der Waals surface area (Å²) >= 11 is 0. The molecule has 0 bridgehead atoms. The first-order valence-electron chi connectivity index (χ1n) is 11.6. The second kappa shape index (κ2) is 10.5. The molecule has 0 saturated carbocycles. The predicted octanol–water partition coefficient (Wildman–Crippen LogP) is 2.59. The minimum absolute atomic E-state index is 0.138. The van der Waals surface area contributed by atoms with Gasteiger partial charge in [0.1, 0.15) is 23.8 Å². The number of tetrazole rings is 1. The van der Waals surface area contributed by atoms with Gasteiger partial charge in [-0.2, -0.15) is 0 Å². The molecule has 37 heavy (non-hydrogen) atoms. The highest BCUT2D eigenvalue weighted by Crippen LogP contribution is 2.24. The van der Waals surface area contributed by atoms with Gasteiger partial charge in [0.05, 0.1) is 19.2 Å². The number of pyridine rings is 2. The summed E-state index contributed by atoms with van der Waals surface area (Å²) in [7, 11) is 0. The van der Waals surface area contributed by atoms with Crippen LogP contribution in [-0.4, -0.2) is 58.8 Å². The van der Waals surface area contributed by atoms with E-state index in [9.17, 15) is 14.7 Å². The summed E-state index contributed by atoms with van der Waals surface area (Å²) < 4.78 is 6.89. The lowest BCUT2D eigenvalue weighted by Gasteiger charge is -2.15. The Morgan fingerprint density at radius 2 is 1.92 bits per heavy atom. The van der Waals surface area contributed by atoms with E-state index < -0.39 is 12.0 Å². The number of fused-ring (bicyclic) bond motifs is 1. The molecule has 4 aromatic rings. The molecule has 0 spiro atoms. The van der Waals surface area contributed by atoms with Crippen molar-refractivity contribution in [3.8, 4) is 11.5 Å². The number of aromatic nitrogens is 6. The van der Waals surface area contributed by atoms with Crippen molar-refractivity contribution in [3.05, 3.63) is 83.2 Å². The van der Waals surface area contributed by atoms with E-state index in [1.165, 1.54) is 4.68 Å². The first kappa shape index (κ1) is 24.0. The molecule has 0 aliphatic carbocycles. The largest absolute Gasteiger partial charge is 0.445 e. The third-order valence-electron chi connectivity index (χ3n) is 5.90. The Labute approximate surface area is 211 Å².